The Morgan fingerprint density at radius 3 is 1.29 bits per heavy atom. The minimum atomic E-state index is 0.104. The third kappa shape index (κ3) is 7.02. The molecule has 196 valence electrons. The molecule has 0 saturated carbocycles. The first-order valence-electron chi connectivity index (χ1n) is 13.8. The van der Waals surface area contributed by atoms with Crippen molar-refractivity contribution in [3.8, 4) is 0 Å². The van der Waals surface area contributed by atoms with Crippen LogP contribution in [0.5, 0.6) is 0 Å². The first-order valence-corrected chi connectivity index (χ1v) is 13.8. The van der Waals surface area contributed by atoms with E-state index in [1.807, 2.05) is 0 Å². The van der Waals surface area contributed by atoms with Gasteiger partial charge in [0, 0.05) is 0 Å². The molecule has 0 aliphatic heterocycles. The van der Waals surface area contributed by atoms with E-state index in [0.29, 0.717) is 5.92 Å². The molecule has 0 aliphatic rings. The Labute approximate surface area is 219 Å². The fourth-order valence-electron chi connectivity index (χ4n) is 5.38. The Hall–Kier alpha value is -1.56. The summed E-state index contributed by atoms with van der Waals surface area (Å²) in [7, 11) is 0. The summed E-state index contributed by atoms with van der Waals surface area (Å²) in [4.78, 5) is 0. The molecule has 0 N–H and O–H groups in total. The highest BCUT2D eigenvalue weighted by Gasteiger charge is 2.33. The van der Waals surface area contributed by atoms with Crippen LogP contribution in [0, 0.1) is 0 Å². The predicted octanol–water partition coefficient (Wildman–Crippen LogP) is 10.5. The van der Waals surface area contributed by atoms with Crippen LogP contribution in [0.1, 0.15) is 156 Å². The molecule has 0 aromatic heterocycles. The largest absolute Gasteiger partial charge is 0.0582 e. The summed E-state index contributed by atoms with van der Waals surface area (Å²) in [5.41, 5.74) is 11.1. The van der Waals surface area contributed by atoms with Gasteiger partial charge in [-0.15, -0.1) is 0 Å². The maximum Gasteiger partial charge on any atom is -0.0126 e. The summed E-state index contributed by atoms with van der Waals surface area (Å²) in [5.74, 6) is 0.458. The molecule has 0 bridgehead atoms. The summed E-state index contributed by atoms with van der Waals surface area (Å²) in [5, 5.41) is 0. The van der Waals surface area contributed by atoms with E-state index in [1.54, 1.807) is 5.56 Å². The van der Waals surface area contributed by atoms with Crippen LogP contribution in [0.4, 0.5) is 0 Å². The van der Waals surface area contributed by atoms with Gasteiger partial charge in [-0.3, -0.25) is 0 Å². The van der Waals surface area contributed by atoms with Crippen molar-refractivity contribution in [1.29, 1.82) is 0 Å². The van der Waals surface area contributed by atoms with Gasteiger partial charge in [-0.05, 0) is 78.4 Å². The van der Waals surface area contributed by atoms with Crippen LogP contribution >= 0.6 is 0 Å². The second-order valence-corrected chi connectivity index (χ2v) is 16.2. The third-order valence-electron chi connectivity index (χ3n) is 7.36. The fourth-order valence-corrected chi connectivity index (χ4v) is 5.38. The van der Waals surface area contributed by atoms with Crippen molar-refractivity contribution in [3.05, 3.63) is 69.3 Å². The highest BCUT2D eigenvalue weighted by atomic mass is 14.4. The topological polar surface area (TPSA) is 0 Å². The number of benzene rings is 2. The van der Waals surface area contributed by atoms with E-state index < -0.39 is 0 Å². The highest BCUT2D eigenvalue weighted by Crippen LogP contribution is 2.43. The van der Waals surface area contributed by atoms with Crippen LogP contribution in [0.3, 0.4) is 0 Å². The predicted molar refractivity (Wildman–Crippen MR) is 159 cm³/mol. The van der Waals surface area contributed by atoms with Gasteiger partial charge in [0.05, 0.1) is 0 Å². The maximum absolute atomic E-state index is 2.53. The average Bonchev–Trinajstić information content (AvgIpc) is 2.63. The molecule has 1 unspecified atom stereocenters. The Bertz CT molecular complexity index is 993. The Balaban J connectivity index is 2.70. The van der Waals surface area contributed by atoms with Gasteiger partial charge in [-0.2, -0.15) is 0 Å². The van der Waals surface area contributed by atoms with Gasteiger partial charge in [0.2, 0.25) is 0 Å². The van der Waals surface area contributed by atoms with E-state index in [2.05, 4.69) is 141 Å². The molecule has 0 fully saturated rings. The van der Waals surface area contributed by atoms with Crippen molar-refractivity contribution in [1.82, 2.24) is 0 Å². The summed E-state index contributed by atoms with van der Waals surface area (Å²) in [6.07, 6.45) is 1.06. The molecule has 35 heavy (non-hydrogen) atoms. The molecule has 0 amide bonds. The van der Waals surface area contributed by atoms with E-state index in [1.165, 1.54) is 33.4 Å². The lowest BCUT2D eigenvalue weighted by Gasteiger charge is -2.37. The van der Waals surface area contributed by atoms with E-state index in [0.717, 1.165) is 6.42 Å². The van der Waals surface area contributed by atoms with Crippen LogP contribution < -0.4 is 0 Å². The molecule has 0 saturated heterocycles. The van der Waals surface area contributed by atoms with Crippen molar-refractivity contribution < 1.29 is 0 Å². The number of hydrogen-bond donors (Lipinski definition) is 0. The molecule has 2 rings (SSSR count). The molecule has 2 aromatic carbocycles. The highest BCUT2D eigenvalue weighted by molar-refractivity contribution is 5.50. The van der Waals surface area contributed by atoms with E-state index >= 15 is 0 Å². The zero-order valence-corrected chi connectivity index (χ0v) is 26.2. The zero-order valence-electron chi connectivity index (χ0n) is 26.2. The van der Waals surface area contributed by atoms with Crippen LogP contribution in [-0.4, -0.2) is 0 Å². The standard InChI is InChI=1S/C35H56/c1-23(26-18-17-25(31(2,3)4)22-27(26)32(5,6)7)19-24-20-28(33(8,9)10)30(35(14,15)16)29(21-24)34(11,12)13/h17-18,20-23H,19H2,1-16H3. The molecule has 0 heterocycles. The van der Waals surface area contributed by atoms with Crippen molar-refractivity contribution in [2.75, 3.05) is 0 Å². The monoisotopic (exact) mass is 476 g/mol. The van der Waals surface area contributed by atoms with Gasteiger partial charge >= 0.3 is 0 Å². The lowest BCUT2D eigenvalue weighted by Crippen LogP contribution is -2.28. The van der Waals surface area contributed by atoms with Gasteiger partial charge in [-0.1, -0.05) is 141 Å². The Morgan fingerprint density at radius 1 is 0.514 bits per heavy atom. The summed E-state index contributed by atoms with van der Waals surface area (Å²) < 4.78 is 0. The van der Waals surface area contributed by atoms with Crippen molar-refractivity contribution in [3.63, 3.8) is 0 Å². The molecular weight excluding hydrogens is 420 g/mol. The van der Waals surface area contributed by atoms with Crippen LogP contribution in [-0.2, 0) is 33.5 Å². The minimum Gasteiger partial charge on any atom is -0.0582 e. The Kier molecular flexibility index (Phi) is 7.96. The fraction of sp³-hybridized carbons (Fsp3) is 0.657. The second-order valence-electron chi connectivity index (χ2n) is 16.2. The van der Waals surface area contributed by atoms with Crippen LogP contribution in [0.15, 0.2) is 30.3 Å². The van der Waals surface area contributed by atoms with E-state index in [9.17, 15) is 0 Å². The summed E-state index contributed by atoms with van der Waals surface area (Å²) >= 11 is 0. The molecular formula is C35H56. The maximum atomic E-state index is 2.53. The van der Waals surface area contributed by atoms with Gasteiger partial charge in [0.1, 0.15) is 0 Å². The van der Waals surface area contributed by atoms with Crippen molar-refractivity contribution in [2.45, 2.75) is 150 Å². The number of hydrogen-bond acceptors (Lipinski definition) is 0. The molecule has 0 radical (unpaired) electrons. The molecule has 0 aliphatic carbocycles. The van der Waals surface area contributed by atoms with Gasteiger partial charge in [-0.25, -0.2) is 0 Å². The zero-order chi connectivity index (χ0) is 27.4. The molecule has 0 spiro atoms. The lowest BCUT2D eigenvalue weighted by molar-refractivity contribution is 0.496. The van der Waals surface area contributed by atoms with Crippen molar-refractivity contribution in [2.24, 2.45) is 0 Å². The first kappa shape index (κ1) is 29.7. The quantitative estimate of drug-likeness (QED) is 0.413. The first-order chi connectivity index (χ1) is 15.4. The third-order valence-corrected chi connectivity index (χ3v) is 7.36. The summed E-state index contributed by atoms with van der Waals surface area (Å²) in [6.45, 7) is 37.8. The van der Waals surface area contributed by atoms with Crippen LogP contribution in [0.2, 0.25) is 0 Å². The summed E-state index contributed by atoms with van der Waals surface area (Å²) in [6, 6.07) is 12.3. The van der Waals surface area contributed by atoms with E-state index in [4.69, 9.17) is 0 Å². The normalized spacial score (nSPS) is 14.9. The second kappa shape index (κ2) is 9.39. The van der Waals surface area contributed by atoms with Gasteiger partial charge in [0.15, 0.2) is 0 Å². The average molecular weight is 477 g/mol. The molecule has 1 atom stereocenters. The minimum absolute atomic E-state index is 0.104. The molecule has 0 nitrogen and oxygen atoms in total. The van der Waals surface area contributed by atoms with Gasteiger partial charge in [0.25, 0.3) is 0 Å². The Morgan fingerprint density at radius 2 is 0.943 bits per heavy atom. The number of rotatable bonds is 3. The SMILES string of the molecule is CC(Cc1cc(C(C)(C)C)c(C(C)(C)C)c(C(C)(C)C)c1)c1ccc(C(C)(C)C)cc1C(C)(C)C. The van der Waals surface area contributed by atoms with E-state index in [-0.39, 0.29) is 27.1 Å². The molecule has 0 heteroatoms. The molecule has 2 aromatic rings. The lowest BCUT2D eigenvalue weighted by atomic mass is 9.67. The van der Waals surface area contributed by atoms with Crippen molar-refractivity contribution >= 4 is 0 Å². The smallest absolute Gasteiger partial charge is 0.0126 e. The van der Waals surface area contributed by atoms with Gasteiger partial charge < -0.3 is 0 Å². The van der Waals surface area contributed by atoms with Crippen LogP contribution in [0.25, 0.3) is 0 Å².